The Kier molecular flexibility index (Phi) is 6.22. The summed E-state index contributed by atoms with van der Waals surface area (Å²) >= 11 is 4.90. The summed E-state index contributed by atoms with van der Waals surface area (Å²) in [5.41, 5.74) is 8.04. The molecule has 0 unspecified atom stereocenters. The summed E-state index contributed by atoms with van der Waals surface area (Å²) in [6.45, 7) is 0.751. The average Bonchev–Trinajstić information content (AvgIpc) is 2.49. The Morgan fingerprint density at radius 1 is 0.905 bits per heavy atom. The minimum Gasteiger partial charge on any atom is -0.494 e. The number of thiocarbonyl (C=S) groups is 1. The summed E-state index contributed by atoms with van der Waals surface area (Å²) in [5.74, 6) is 0.904. The molecule has 0 fully saturated rings. The van der Waals surface area contributed by atoms with Gasteiger partial charge in [-0.3, -0.25) is 0 Å². The van der Waals surface area contributed by atoms with E-state index in [0.717, 1.165) is 37.2 Å². The summed E-state index contributed by atoms with van der Waals surface area (Å²) in [4.78, 5) is 0.518. The van der Waals surface area contributed by atoms with Gasteiger partial charge in [-0.25, -0.2) is 0 Å². The topological polar surface area (TPSA) is 35.2 Å². The predicted molar refractivity (Wildman–Crippen MR) is 91.8 cm³/mol. The van der Waals surface area contributed by atoms with Crippen LogP contribution in [-0.4, -0.2) is 11.6 Å². The average molecular weight is 299 g/mol. The molecule has 0 aliphatic carbocycles. The highest BCUT2D eigenvalue weighted by Gasteiger charge is 1.98. The van der Waals surface area contributed by atoms with Crippen LogP contribution in [0.15, 0.2) is 54.6 Å². The lowest BCUT2D eigenvalue weighted by atomic mass is 10.1. The van der Waals surface area contributed by atoms with Gasteiger partial charge in [-0.1, -0.05) is 54.7 Å². The van der Waals surface area contributed by atoms with E-state index in [0.29, 0.717) is 11.4 Å². The van der Waals surface area contributed by atoms with Crippen LogP contribution < -0.4 is 10.5 Å². The van der Waals surface area contributed by atoms with Crippen molar-refractivity contribution in [3.63, 3.8) is 0 Å². The molecule has 2 nitrogen and oxygen atoms in total. The van der Waals surface area contributed by atoms with Crippen molar-refractivity contribution in [1.82, 2.24) is 0 Å². The highest BCUT2D eigenvalue weighted by molar-refractivity contribution is 7.80. The van der Waals surface area contributed by atoms with Gasteiger partial charge in [0, 0.05) is 6.42 Å². The number of hydrogen-bond acceptors (Lipinski definition) is 2. The van der Waals surface area contributed by atoms with E-state index < -0.39 is 0 Å². The van der Waals surface area contributed by atoms with Crippen molar-refractivity contribution in [3.05, 3.63) is 65.7 Å². The zero-order valence-electron chi connectivity index (χ0n) is 12.1. The first kappa shape index (κ1) is 15.5. The summed E-state index contributed by atoms with van der Waals surface area (Å²) in [5, 5.41) is 0. The second-order valence-electron chi connectivity index (χ2n) is 5.08. The van der Waals surface area contributed by atoms with Gasteiger partial charge in [0.2, 0.25) is 0 Å². The maximum atomic E-state index is 5.74. The van der Waals surface area contributed by atoms with Crippen molar-refractivity contribution in [3.8, 4) is 5.75 Å². The largest absolute Gasteiger partial charge is 0.494 e. The lowest BCUT2D eigenvalue weighted by Crippen LogP contribution is -2.10. The Morgan fingerprint density at radius 2 is 1.62 bits per heavy atom. The fourth-order valence-electron chi connectivity index (χ4n) is 2.17. The summed E-state index contributed by atoms with van der Waals surface area (Å²) < 4.78 is 5.74. The van der Waals surface area contributed by atoms with Crippen LogP contribution in [0.4, 0.5) is 0 Å². The van der Waals surface area contributed by atoms with Crippen LogP contribution in [0.2, 0.25) is 0 Å². The van der Waals surface area contributed by atoms with Crippen LogP contribution in [-0.2, 0) is 12.8 Å². The Bertz CT molecular complexity index is 551. The number of benzene rings is 2. The van der Waals surface area contributed by atoms with E-state index in [2.05, 4.69) is 24.3 Å². The molecule has 2 aromatic rings. The molecule has 0 spiro atoms. The minimum atomic E-state index is 0.518. The SMILES string of the molecule is NC(=S)Cc1ccc(OCCCCc2ccccc2)cc1. The summed E-state index contributed by atoms with van der Waals surface area (Å²) in [6.07, 6.45) is 3.96. The maximum Gasteiger partial charge on any atom is 0.119 e. The second kappa shape index (κ2) is 8.42. The molecule has 0 atom stereocenters. The van der Waals surface area contributed by atoms with E-state index >= 15 is 0 Å². The molecule has 2 rings (SSSR count). The third-order valence-electron chi connectivity index (χ3n) is 3.27. The molecule has 0 saturated carbocycles. The van der Waals surface area contributed by atoms with Crippen LogP contribution >= 0.6 is 12.2 Å². The zero-order chi connectivity index (χ0) is 14.9. The van der Waals surface area contributed by atoms with Crippen LogP contribution in [0, 0.1) is 0 Å². The van der Waals surface area contributed by atoms with E-state index in [1.807, 2.05) is 30.3 Å². The molecule has 0 saturated heterocycles. The van der Waals surface area contributed by atoms with Gasteiger partial charge in [0.05, 0.1) is 11.6 Å². The molecule has 21 heavy (non-hydrogen) atoms. The van der Waals surface area contributed by atoms with Crippen LogP contribution in [0.1, 0.15) is 24.0 Å². The van der Waals surface area contributed by atoms with E-state index in [1.54, 1.807) is 0 Å². The smallest absolute Gasteiger partial charge is 0.119 e. The number of aryl methyl sites for hydroxylation is 1. The quantitative estimate of drug-likeness (QED) is 0.593. The Balaban J connectivity index is 1.65. The number of rotatable bonds is 8. The number of ether oxygens (including phenoxy) is 1. The van der Waals surface area contributed by atoms with Gasteiger partial charge in [-0.05, 0) is 42.5 Å². The second-order valence-corrected chi connectivity index (χ2v) is 5.60. The van der Waals surface area contributed by atoms with Gasteiger partial charge in [-0.2, -0.15) is 0 Å². The first-order chi connectivity index (χ1) is 10.2. The number of hydrogen-bond donors (Lipinski definition) is 1. The highest BCUT2D eigenvalue weighted by atomic mass is 32.1. The summed E-state index contributed by atoms with van der Waals surface area (Å²) in [6, 6.07) is 18.5. The maximum absolute atomic E-state index is 5.74. The van der Waals surface area contributed by atoms with Crippen molar-refractivity contribution in [2.75, 3.05) is 6.61 Å². The van der Waals surface area contributed by atoms with Crippen molar-refractivity contribution in [2.24, 2.45) is 5.73 Å². The molecule has 3 heteroatoms. The molecule has 0 aromatic heterocycles. The van der Waals surface area contributed by atoms with Gasteiger partial charge in [0.25, 0.3) is 0 Å². The van der Waals surface area contributed by atoms with Crippen LogP contribution in [0.5, 0.6) is 5.75 Å². The minimum absolute atomic E-state index is 0.518. The van der Waals surface area contributed by atoms with Crippen molar-refractivity contribution < 1.29 is 4.74 Å². The Hall–Kier alpha value is -1.87. The molecule has 0 aliphatic heterocycles. The fraction of sp³-hybridized carbons (Fsp3) is 0.278. The van der Waals surface area contributed by atoms with E-state index in [-0.39, 0.29) is 0 Å². The monoisotopic (exact) mass is 299 g/mol. The van der Waals surface area contributed by atoms with Gasteiger partial charge in [0.15, 0.2) is 0 Å². The van der Waals surface area contributed by atoms with E-state index in [4.69, 9.17) is 22.7 Å². The van der Waals surface area contributed by atoms with Gasteiger partial charge < -0.3 is 10.5 Å². The van der Waals surface area contributed by atoms with Gasteiger partial charge >= 0.3 is 0 Å². The highest BCUT2D eigenvalue weighted by Crippen LogP contribution is 2.13. The predicted octanol–water partition coefficient (Wildman–Crippen LogP) is 3.92. The van der Waals surface area contributed by atoms with Gasteiger partial charge in [0.1, 0.15) is 5.75 Å². The van der Waals surface area contributed by atoms with E-state index in [1.165, 1.54) is 5.56 Å². The molecular weight excluding hydrogens is 278 g/mol. The standard InChI is InChI=1S/C18H21NOS/c19-18(21)14-16-9-11-17(12-10-16)20-13-5-4-8-15-6-2-1-3-7-15/h1-3,6-7,9-12H,4-5,8,13-14H2,(H2,19,21). The number of nitrogens with two attached hydrogens (primary N) is 1. The molecule has 2 N–H and O–H groups in total. The van der Waals surface area contributed by atoms with Crippen molar-refractivity contribution >= 4 is 17.2 Å². The van der Waals surface area contributed by atoms with Crippen LogP contribution in [0.3, 0.4) is 0 Å². The molecule has 2 aromatic carbocycles. The fourth-order valence-corrected chi connectivity index (χ4v) is 2.34. The molecule has 0 aliphatic rings. The summed E-state index contributed by atoms with van der Waals surface area (Å²) in [7, 11) is 0. The lowest BCUT2D eigenvalue weighted by molar-refractivity contribution is 0.307. The molecule has 0 heterocycles. The molecular formula is C18H21NOS. The first-order valence-electron chi connectivity index (χ1n) is 7.28. The third kappa shape index (κ3) is 5.96. The Morgan fingerprint density at radius 3 is 2.29 bits per heavy atom. The van der Waals surface area contributed by atoms with Gasteiger partial charge in [-0.15, -0.1) is 0 Å². The zero-order valence-corrected chi connectivity index (χ0v) is 12.9. The molecule has 0 amide bonds. The third-order valence-corrected chi connectivity index (χ3v) is 3.42. The normalized spacial score (nSPS) is 10.3. The lowest BCUT2D eigenvalue weighted by Gasteiger charge is -2.07. The molecule has 0 bridgehead atoms. The van der Waals surface area contributed by atoms with Crippen molar-refractivity contribution in [1.29, 1.82) is 0 Å². The van der Waals surface area contributed by atoms with E-state index in [9.17, 15) is 0 Å². The Labute approximate surface area is 131 Å². The number of unbranched alkanes of at least 4 members (excludes halogenated alkanes) is 1. The molecule has 0 radical (unpaired) electrons. The van der Waals surface area contributed by atoms with Crippen molar-refractivity contribution in [2.45, 2.75) is 25.7 Å². The molecule has 110 valence electrons. The first-order valence-corrected chi connectivity index (χ1v) is 7.69. The van der Waals surface area contributed by atoms with Crippen LogP contribution in [0.25, 0.3) is 0 Å².